The molecule has 0 amide bonds. The van der Waals surface area contributed by atoms with E-state index in [1.165, 1.54) is 160 Å². The highest BCUT2D eigenvalue weighted by Crippen LogP contribution is 2.74. The summed E-state index contributed by atoms with van der Waals surface area (Å²) in [5.74, 6) is 0.665. The Bertz CT molecular complexity index is 4290. The van der Waals surface area contributed by atoms with Crippen LogP contribution in [0.5, 0.6) is 5.75 Å². The molecule has 0 aliphatic heterocycles. The van der Waals surface area contributed by atoms with Crippen LogP contribution in [0.4, 0.5) is 0 Å². The summed E-state index contributed by atoms with van der Waals surface area (Å²) < 4.78 is 11.3. The van der Waals surface area contributed by atoms with Crippen molar-refractivity contribution < 1.29 is 14.3 Å². The smallest absolute Gasteiger partial charge is 0.337 e. The molecule has 3 nitrogen and oxygen atoms in total. The van der Waals surface area contributed by atoms with Crippen LogP contribution in [0.2, 0.25) is 0 Å². The normalized spacial score (nSPS) is 21.3. The number of methoxy groups -OCH3 is 2. The first kappa shape index (κ1) is 29.5. The molecule has 12 aromatic rings. The molecule has 0 heterocycles. The van der Waals surface area contributed by atoms with Gasteiger partial charge in [0.05, 0.1) is 25.2 Å². The molecule has 6 aliphatic carbocycles. The van der Waals surface area contributed by atoms with Crippen molar-refractivity contribution in [3.8, 4) is 5.75 Å². The van der Waals surface area contributed by atoms with Gasteiger partial charge < -0.3 is 9.47 Å². The van der Waals surface area contributed by atoms with E-state index in [1.54, 1.807) is 28.8 Å². The minimum absolute atomic E-state index is 0.281. The number of allylic oxidation sites excluding steroid dienone is 4. The van der Waals surface area contributed by atoms with Crippen LogP contribution in [0.15, 0.2) is 78.4 Å². The fourth-order valence-electron chi connectivity index (χ4n) is 16.1. The highest BCUT2D eigenvalue weighted by atomic mass is 16.5. The van der Waals surface area contributed by atoms with Crippen LogP contribution in [0.3, 0.4) is 0 Å². The molecular weight excluding hydrogens is 733 g/mol. The number of ether oxygens (including phenoxy) is 2. The van der Waals surface area contributed by atoms with Crippen LogP contribution in [-0.4, -0.2) is 20.2 Å². The summed E-state index contributed by atoms with van der Waals surface area (Å²) in [5.41, 5.74) is 20.0. The zero-order chi connectivity index (χ0) is 38.9. The quantitative estimate of drug-likeness (QED) is 0.0995. The van der Waals surface area contributed by atoms with Gasteiger partial charge in [-0.1, -0.05) is 60.2 Å². The van der Waals surface area contributed by atoms with Gasteiger partial charge in [-0.05, 0) is 227 Å². The third-order valence-corrected chi connectivity index (χ3v) is 17.7. The van der Waals surface area contributed by atoms with Gasteiger partial charge in [0.2, 0.25) is 0 Å². The summed E-state index contributed by atoms with van der Waals surface area (Å²) in [5, 5.41) is 27.3. The van der Waals surface area contributed by atoms with Crippen molar-refractivity contribution in [2.75, 3.05) is 14.2 Å². The Morgan fingerprint density at radius 2 is 1.23 bits per heavy atom. The largest absolute Gasteiger partial charge is 0.496 e. The number of rotatable bonds is 5. The van der Waals surface area contributed by atoms with Crippen molar-refractivity contribution in [2.24, 2.45) is 0 Å². The molecule has 12 aromatic carbocycles. The molecule has 0 N–H and O–H groups in total. The van der Waals surface area contributed by atoms with Crippen LogP contribution in [-0.2, 0) is 41.3 Å². The molecule has 0 aromatic heterocycles. The summed E-state index contributed by atoms with van der Waals surface area (Å²) in [6, 6.07) is 23.4. The van der Waals surface area contributed by atoms with Crippen LogP contribution in [0.25, 0.3) is 103 Å². The Morgan fingerprint density at radius 3 is 1.98 bits per heavy atom. The van der Waals surface area contributed by atoms with E-state index in [2.05, 4.69) is 80.6 Å². The first-order valence-corrected chi connectivity index (χ1v) is 21.7. The van der Waals surface area contributed by atoms with Gasteiger partial charge in [0.25, 0.3) is 0 Å². The minimum Gasteiger partial charge on any atom is -0.496 e. The standard InChI is InChI=1S/C57H32O3/c1-21-22(2)34(59-3)9-8-33(21)56-19-31-16-29-14-27-12-25-11-26-13-28-15-30-17-32(20-56)57(18-23-6-5-7-24(10-23)55(58)60-4)52(30)49-39(28)43-36(26)35(25)41-38(27)42-37(29)40(31)50-48-45(42)44(41)46(43)47(49)51(48)54(57)53(50)56/h5-10,12-15,19-20H,11,16-18H2,1-4H3. The molecule has 0 radical (unpaired) electrons. The van der Waals surface area contributed by atoms with Crippen LogP contribution in [0, 0.1) is 13.8 Å². The van der Waals surface area contributed by atoms with Gasteiger partial charge >= 0.3 is 5.97 Å². The number of esters is 1. The van der Waals surface area contributed by atoms with E-state index < -0.39 is 5.41 Å². The van der Waals surface area contributed by atoms with Gasteiger partial charge in [-0.2, -0.15) is 0 Å². The number of hydrogen-bond donors (Lipinski definition) is 0. The second-order valence-electron chi connectivity index (χ2n) is 19.7. The fraction of sp³-hybridized carbons (Fsp3) is 0.175. The minimum atomic E-state index is -0.461. The van der Waals surface area contributed by atoms with Gasteiger partial charge in [0, 0.05) is 5.41 Å². The Morgan fingerprint density at radius 1 is 0.583 bits per heavy atom. The highest BCUT2D eigenvalue weighted by molar-refractivity contribution is 6.61. The molecule has 18 rings (SSSR count). The number of hydrogen-bond acceptors (Lipinski definition) is 3. The zero-order valence-electron chi connectivity index (χ0n) is 33.5. The van der Waals surface area contributed by atoms with Crippen molar-refractivity contribution in [2.45, 2.75) is 50.4 Å². The van der Waals surface area contributed by atoms with Crippen molar-refractivity contribution in [1.29, 1.82) is 0 Å². The highest BCUT2D eigenvalue weighted by Gasteiger charge is 2.59. The third kappa shape index (κ3) is 2.47. The molecule has 60 heavy (non-hydrogen) atoms. The number of benzene rings is 9. The van der Waals surface area contributed by atoms with Crippen LogP contribution in [0.1, 0.15) is 77.1 Å². The fourth-order valence-corrected chi connectivity index (χ4v) is 16.1. The lowest BCUT2D eigenvalue weighted by atomic mass is 9.54. The molecule has 278 valence electrons. The van der Waals surface area contributed by atoms with Crippen LogP contribution >= 0.6 is 0 Å². The maximum atomic E-state index is 13.1. The zero-order valence-corrected chi connectivity index (χ0v) is 33.5. The Kier molecular flexibility index (Phi) is 4.11. The Labute approximate surface area is 342 Å². The third-order valence-electron chi connectivity index (χ3n) is 17.7. The van der Waals surface area contributed by atoms with Crippen molar-refractivity contribution in [1.82, 2.24) is 0 Å². The van der Waals surface area contributed by atoms with Gasteiger partial charge in [0.1, 0.15) is 5.75 Å². The molecule has 2 unspecified atom stereocenters. The van der Waals surface area contributed by atoms with E-state index in [1.807, 2.05) is 6.07 Å². The van der Waals surface area contributed by atoms with E-state index in [0.29, 0.717) is 5.56 Å². The van der Waals surface area contributed by atoms with Crippen molar-refractivity contribution in [3.05, 3.63) is 151 Å². The Hall–Kier alpha value is -6.71. The maximum absolute atomic E-state index is 13.1. The van der Waals surface area contributed by atoms with Gasteiger partial charge in [-0.3, -0.25) is 0 Å². The molecule has 0 spiro atoms. The van der Waals surface area contributed by atoms with Gasteiger partial charge in [-0.15, -0.1) is 0 Å². The molecule has 0 saturated heterocycles. The average molecular weight is 765 g/mol. The molecule has 2 atom stereocenters. The molecule has 6 aliphatic rings. The first-order chi connectivity index (χ1) is 29.4. The predicted molar refractivity (Wildman–Crippen MR) is 243 cm³/mol. The molecule has 0 saturated carbocycles. The number of carbonyl (C=O) groups excluding carboxylic acids is 1. The molecule has 0 fully saturated rings. The van der Waals surface area contributed by atoms with Crippen molar-refractivity contribution in [3.63, 3.8) is 0 Å². The topological polar surface area (TPSA) is 35.5 Å². The predicted octanol–water partition coefficient (Wildman–Crippen LogP) is 12.6. The summed E-state index contributed by atoms with van der Waals surface area (Å²) in [4.78, 5) is 13.1. The van der Waals surface area contributed by atoms with Gasteiger partial charge in [0.15, 0.2) is 0 Å². The summed E-state index contributed by atoms with van der Waals surface area (Å²) in [6.45, 7) is 4.57. The summed E-state index contributed by atoms with van der Waals surface area (Å²) >= 11 is 0. The summed E-state index contributed by atoms with van der Waals surface area (Å²) in [6.07, 6.45) is 9.20. The van der Waals surface area contributed by atoms with E-state index in [4.69, 9.17) is 9.47 Å². The molecule has 3 heteroatoms. The number of carbonyl (C=O) groups is 1. The second-order valence-corrected chi connectivity index (χ2v) is 19.7. The maximum Gasteiger partial charge on any atom is 0.337 e. The average Bonchev–Trinajstić information content (AvgIpc) is 4.09. The lowest BCUT2D eigenvalue weighted by molar-refractivity contribution is 0.0600. The van der Waals surface area contributed by atoms with Crippen LogP contribution < -0.4 is 4.74 Å². The Balaban J connectivity index is 1.17. The van der Waals surface area contributed by atoms with Gasteiger partial charge in [-0.25, -0.2) is 4.79 Å². The van der Waals surface area contributed by atoms with Crippen molar-refractivity contribution >= 4 is 108 Å². The first-order valence-electron chi connectivity index (χ1n) is 21.7. The van der Waals surface area contributed by atoms with E-state index in [0.717, 1.165) is 31.4 Å². The lowest BCUT2D eigenvalue weighted by Crippen LogP contribution is -2.41. The molecule has 0 bridgehead atoms. The molecular formula is C57H32O3. The monoisotopic (exact) mass is 764 g/mol. The SMILES string of the molecule is COC(=O)c1cccc(CC23C4=CC5(c6ccc(OC)c(C)c6C)C=C6Cc7cc8cc9c%10c%11c(cc%12cc(c2c2c%12c%11c%11c2c2c3c5c3c6c7c5c8c%10c%11c5c32)C4)C9)c1. The van der Waals surface area contributed by atoms with E-state index in [-0.39, 0.29) is 11.4 Å². The van der Waals surface area contributed by atoms with E-state index in [9.17, 15) is 4.79 Å². The second kappa shape index (κ2) is 8.36. The summed E-state index contributed by atoms with van der Waals surface area (Å²) in [7, 11) is 3.29. The lowest BCUT2D eigenvalue weighted by Gasteiger charge is -2.47. The van der Waals surface area contributed by atoms with E-state index >= 15 is 0 Å².